The first-order valence-electron chi connectivity index (χ1n) is 15.2. The normalized spacial score (nSPS) is 25.6. The Kier molecular flexibility index (Phi) is 13.2. The molecule has 8 nitrogen and oxygen atoms in total. The maximum Gasteiger partial charge on any atom is 0.240 e. The lowest BCUT2D eigenvalue weighted by Crippen LogP contribution is -2.49. The summed E-state index contributed by atoms with van der Waals surface area (Å²) in [6.45, 7) is 10.4. The number of aliphatic hydroxyl groups excluding tert-OH is 2. The minimum Gasteiger partial charge on any atom is -0.390 e. The summed E-state index contributed by atoms with van der Waals surface area (Å²) in [6, 6.07) is 18.7. The predicted octanol–water partition coefficient (Wildman–Crippen LogP) is 3.82. The molecule has 9 heteroatoms. The Morgan fingerprint density at radius 3 is 1.66 bits per heavy atom. The van der Waals surface area contributed by atoms with Crippen LogP contribution in [0.3, 0.4) is 0 Å². The smallest absolute Gasteiger partial charge is 0.240 e. The number of benzene rings is 2. The van der Waals surface area contributed by atoms with E-state index >= 15 is 0 Å². The van der Waals surface area contributed by atoms with Crippen molar-refractivity contribution < 1.29 is 18.6 Å². The van der Waals surface area contributed by atoms with E-state index in [1.165, 1.54) is 25.7 Å². The SMILES string of the molecule is C[C@@H]1CCC[C@H](C)N1C[C@@H](O)CN.C[C@@H]1CCC[C@H](C)N1C[C@@H](O)CNS(=O)(=O)c1ccc(-c2ccccc2)cc1. The molecule has 230 valence electrons. The number of nitrogens with zero attached hydrogens (tertiary/aromatic N) is 2. The van der Waals surface area contributed by atoms with Gasteiger partial charge < -0.3 is 15.9 Å². The van der Waals surface area contributed by atoms with Gasteiger partial charge in [-0.1, -0.05) is 55.3 Å². The van der Waals surface area contributed by atoms with Crippen LogP contribution in [-0.4, -0.2) is 91.0 Å². The molecule has 0 amide bonds. The first-order chi connectivity index (χ1) is 19.5. The number of sulfonamides is 1. The van der Waals surface area contributed by atoms with E-state index in [4.69, 9.17) is 5.73 Å². The lowest BCUT2D eigenvalue weighted by atomic mass is 9.97. The maximum absolute atomic E-state index is 12.6. The molecule has 0 saturated carbocycles. The fraction of sp³-hybridized carbons (Fsp3) is 0.625. The molecule has 5 N–H and O–H groups in total. The van der Waals surface area contributed by atoms with Gasteiger partial charge in [0.15, 0.2) is 0 Å². The molecule has 6 atom stereocenters. The van der Waals surface area contributed by atoms with Crippen LogP contribution >= 0.6 is 0 Å². The van der Waals surface area contributed by atoms with Crippen molar-refractivity contribution in [2.24, 2.45) is 5.73 Å². The summed E-state index contributed by atoms with van der Waals surface area (Å²) in [5.74, 6) is 0. The average molecular weight is 589 g/mol. The van der Waals surface area contributed by atoms with Gasteiger partial charge in [0.2, 0.25) is 10.0 Å². The number of nitrogens with one attached hydrogen (secondary N) is 1. The third kappa shape index (κ3) is 10.1. The summed E-state index contributed by atoms with van der Waals surface area (Å²) in [4.78, 5) is 4.86. The van der Waals surface area contributed by atoms with Gasteiger partial charge in [0.25, 0.3) is 0 Å². The van der Waals surface area contributed by atoms with Gasteiger partial charge >= 0.3 is 0 Å². The number of hydrogen-bond acceptors (Lipinski definition) is 7. The van der Waals surface area contributed by atoms with Gasteiger partial charge in [0.05, 0.1) is 17.1 Å². The van der Waals surface area contributed by atoms with Crippen molar-refractivity contribution in [1.29, 1.82) is 0 Å². The molecule has 41 heavy (non-hydrogen) atoms. The fourth-order valence-corrected chi connectivity index (χ4v) is 7.11. The second kappa shape index (κ2) is 16.1. The summed E-state index contributed by atoms with van der Waals surface area (Å²) in [5.41, 5.74) is 7.41. The van der Waals surface area contributed by atoms with E-state index in [2.05, 4.69) is 42.2 Å². The van der Waals surface area contributed by atoms with E-state index in [0.29, 0.717) is 37.3 Å². The zero-order chi connectivity index (χ0) is 30.0. The van der Waals surface area contributed by atoms with Crippen LogP contribution in [-0.2, 0) is 10.0 Å². The van der Waals surface area contributed by atoms with E-state index in [9.17, 15) is 18.6 Å². The van der Waals surface area contributed by atoms with Crippen LogP contribution in [0.5, 0.6) is 0 Å². The van der Waals surface area contributed by atoms with Gasteiger partial charge in [0.1, 0.15) is 0 Å². The number of β-amino-alcohol motifs (C(OH)–C–C–N with tert-alkyl or cyclic N) is 2. The number of rotatable bonds is 10. The molecule has 0 bridgehead atoms. The second-order valence-corrected chi connectivity index (χ2v) is 13.7. The van der Waals surface area contributed by atoms with Crippen molar-refractivity contribution in [2.45, 2.75) is 107 Å². The van der Waals surface area contributed by atoms with E-state index in [1.807, 2.05) is 30.3 Å². The van der Waals surface area contributed by atoms with E-state index in [-0.39, 0.29) is 17.5 Å². The van der Waals surface area contributed by atoms with Crippen molar-refractivity contribution in [3.05, 3.63) is 54.6 Å². The van der Waals surface area contributed by atoms with Crippen molar-refractivity contribution in [1.82, 2.24) is 14.5 Å². The zero-order valence-electron chi connectivity index (χ0n) is 25.3. The minimum atomic E-state index is -3.65. The van der Waals surface area contributed by atoms with Gasteiger partial charge in [-0.2, -0.15) is 0 Å². The molecule has 2 aliphatic rings. The van der Waals surface area contributed by atoms with E-state index in [0.717, 1.165) is 30.5 Å². The summed E-state index contributed by atoms with van der Waals surface area (Å²) in [6.07, 6.45) is 6.18. The van der Waals surface area contributed by atoms with Crippen LogP contribution in [0.4, 0.5) is 0 Å². The van der Waals surface area contributed by atoms with Gasteiger partial charge in [-0.05, 0) is 76.6 Å². The van der Waals surface area contributed by atoms with Crippen molar-refractivity contribution in [3.8, 4) is 11.1 Å². The maximum atomic E-state index is 12.6. The summed E-state index contributed by atoms with van der Waals surface area (Å²) >= 11 is 0. The number of aliphatic hydroxyl groups is 2. The molecule has 0 aromatic heterocycles. The predicted molar refractivity (Wildman–Crippen MR) is 167 cm³/mol. The third-order valence-electron chi connectivity index (χ3n) is 8.65. The molecular weight excluding hydrogens is 536 g/mol. The first-order valence-corrected chi connectivity index (χ1v) is 16.7. The van der Waals surface area contributed by atoms with Crippen LogP contribution in [0.1, 0.15) is 66.2 Å². The highest BCUT2D eigenvalue weighted by molar-refractivity contribution is 7.89. The van der Waals surface area contributed by atoms with Gasteiger partial charge in [-0.3, -0.25) is 9.80 Å². The Hall–Kier alpha value is -1.85. The Balaban J connectivity index is 0.000000298. The van der Waals surface area contributed by atoms with Gasteiger partial charge in [-0.15, -0.1) is 0 Å². The lowest BCUT2D eigenvalue weighted by Gasteiger charge is -2.40. The number of nitrogens with two attached hydrogens (primary N) is 1. The molecule has 2 aliphatic heterocycles. The summed E-state index contributed by atoms with van der Waals surface area (Å²) in [7, 11) is -3.65. The molecule has 4 rings (SSSR count). The molecule has 0 radical (unpaired) electrons. The van der Waals surface area contributed by atoms with Gasteiger partial charge in [-0.25, -0.2) is 13.1 Å². The van der Waals surface area contributed by atoms with Gasteiger partial charge in [0, 0.05) is 50.3 Å². The topological polar surface area (TPSA) is 119 Å². The molecule has 0 spiro atoms. The van der Waals surface area contributed by atoms with Crippen LogP contribution in [0.15, 0.2) is 59.5 Å². The number of likely N-dealkylation sites (tertiary alicyclic amines) is 2. The summed E-state index contributed by atoms with van der Waals surface area (Å²) in [5, 5.41) is 19.9. The minimum absolute atomic E-state index is 0.0126. The molecular formula is C32H52N4O4S. The number of hydrogen-bond donors (Lipinski definition) is 4. The summed E-state index contributed by atoms with van der Waals surface area (Å²) < 4.78 is 27.7. The highest BCUT2D eigenvalue weighted by Crippen LogP contribution is 2.24. The van der Waals surface area contributed by atoms with Crippen LogP contribution in [0.25, 0.3) is 11.1 Å². The third-order valence-corrected chi connectivity index (χ3v) is 10.1. The molecule has 2 heterocycles. The van der Waals surface area contributed by atoms with Crippen molar-refractivity contribution in [2.75, 3.05) is 26.2 Å². The Labute approximate surface area is 248 Å². The van der Waals surface area contributed by atoms with Crippen LogP contribution < -0.4 is 10.5 Å². The van der Waals surface area contributed by atoms with Crippen LogP contribution in [0.2, 0.25) is 0 Å². The van der Waals surface area contributed by atoms with Crippen molar-refractivity contribution in [3.63, 3.8) is 0 Å². The standard InChI is InChI=1S/C22H30N2O3S.C10H22N2O/c1-17-7-6-8-18(2)24(17)16-21(25)15-23-28(26,27)22-13-11-20(12-14-22)19-9-4-3-5-10-19;1-8-4-3-5-9(2)12(8)7-10(13)6-11/h3-5,9-14,17-18,21,23,25H,6-8,15-16H2,1-2H3;8-10,13H,3-7,11H2,1-2H3/t17-,18+,21-;8-,9+,10-/m00/s1. The quantitative estimate of drug-likeness (QED) is 0.333. The molecule has 0 aliphatic carbocycles. The molecule has 2 aromatic rings. The lowest BCUT2D eigenvalue weighted by molar-refractivity contribution is 0.0438. The molecule has 2 fully saturated rings. The van der Waals surface area contributed by atoms with Crippen molar-refractivity contribution >= 4 is 10.0 Å². The molecule has 2 aromatic carbocycles. The Morgan fingerprint density at radius 1 is 0.756 bits per heavy atom. The molecule has 0 unspecified atom stereocenters. The Bertz CT molecular complexity index is 1110. The monoisotopic (exact) mass is 588 g/mol. The fourth-order valence-electron chi connectivity index (χ4n) is 6.04. The molecule has 2 saturated heterocycles. The Morgan fingerprint density at radius 2 is 1.20 bits per heavy atom. The highest BCUT2D eigenvalue weighted by atomic mass is 32.2. The largest absolute Gasteiger partial charge is 0.390 e. The van der Waals surface area contributed by atoms with E-state index < -0.39 is 16.1 Å². The highest BCUT2D eigenvalue weighted by Gasteiger charge is 2.27. The van der Waals surface area contributed by atoms with E-state index in [1.54, 1.807) is 24.3 Å². The number of piperidine rings is 2. The average Bonchev–Trinajstić information content (AvgIpc) is 2.97. The first kappa shape index (κ1) is 33.6. The second-order valence-electron chi connectivity index (χ2n) is 11.9. The zero-order valence-corrected chi connectivity index (χ0v) is 26.1. The van der Waals surface area contributed by atoms with Crippen LogP contribution in [0, 0.1) is 0 Å².